The first-order valence-corrected chi connectivity index (χ1v) is 6.02. The summed E-state index contributed by atoms with van der Waals surface area (Å²) in [6.45, 7) is 0.586. The molecule has 0 aromatic rings. The van der Waals surface area contributed by atoms with Gasteiger partial charge in [-0.1, -0.05) is 34.8 Å². The van der Waals surface area contributed by atoms with Gasteiger partial charge in [-0.3, -0.25) is 4.79 Å². The average Bonchev–Trinajstić information content (AvgIpc) is 2.38. The monoisotopic (exact) mass is 287 g/mol. The van der Waals surface area contributed by atoms with Gasteiger partial charge in [0.15, 0.2) is 0 Å². The quantitative estimate of drug-likeness (QED) is 0.697. The molecule has 0 saturated carbocycles. The Kier molecular flexibility index (Phi) is 5.15. The number of carbonyl (C=O) groups excluding carboxylic acids is 2. The van der Waals surface area contributed by atoms with Gasteiger partial charge in [0.2, 0.25) is 3.79 Å². The number of alkyl halides is 3. The van der Waals surface area contributed by atoms with E-state index in [1.807, 2.05) is 0 Å². The van der Waals surface area contributed by atoms with Crippen LogP contribution in [-0.4, -0.2) is 40.3 Å². The average molecular weight is 289 g/mol. The molecule has 0 aromatic heterocycles. The van der Waals surface area contributed by atoms with Crippen LogP contribution >= 0.6 is 34.8 Å². The Balaban J connectivity index is 2.38. The second kappa shape index (κ2) is 5.94. The molecule has 0 spiro atoms. The Bertz CT molecular complexity index is 278. The normalized spacial score (nSPS) is 18.2. The Morgan fingerprint density at radius 1 is 1.31 bits per heavy atom. The minimum atomic E-state index is -1.60. The van der Waals surface area contributed by atoms with Gasteiger partial charge in [0.1, 0.15) is 12.4 Å². The zero-order chi connectivity index (χ0) is 12.2. The fourth-order valence-electron chi connectivity index (χ4n) is 1.38. The molecule has 0 aromatic carbocycles. The predicted molar refractivity (Wildman–Crippen MR) is 62.1 cm³/mol. The Morgan fingerprint density at radius 3 is 2.62 bits per heavy atom. The van der Waals surface area contributed by atoms with Gasteiger partial charge in [-0.15, -0.1) is 0 Å². The number of nitrogens with zero attached hydrogens (tertiary/aromatic N) is 1. The molecule has 1 rings (SSSR count). The molecule has 0 N–H and O–H groups in total. The summed E-state index contributed by atoms with van der Waals surface area (Å²) in [7, 11) is 0. The molecule has 1 heterocycles. The van der Waals surface area contributed by atoms with Crippen LogP contribution in [0, 0.1) is 0 Å². The number of ketones is 1. The summed E-state index contributed by atoms with van der Waals surface area (Å²) in [6.07, 6.45) is 0.986. The summed E-state index contributed by atoms with van der Waals surface area (Å²) in [5.74, 6) is 0.164. The van der Waals surface area contributed by atoms with Crippen LogP contribution in [0.5, 0.6) is 0 Å². The van der Waals surface area contributed by atoms with E-state index in [1.54, 1.807) is 0 Å². The van der Waals surface area contributed by atoms with Gasteiger partial charge in [0.25, 0.3) is 0 Å². The van der Waals surface area contributed by atoms with Crippen molar-refractivity contribution in [3.63, 3.8) is 0 Å². The minimum absolute atomic E-state index is 0.164. The first-order chi connectivity index (χ1) is 7.38. The fourth-order valence-corrected chi connectivity index (χ4v) is 1.54. The largest absolute Gasteiger partial charge is 0.445 e. The molecule has 1 aliphatic heterocycles. The number of amides is 1. The Labute approximate surface area is 109 Å². The van der Waals surface area contributed by atoms with Crippen molar-refractivity contribution >= 4 is 46.7 Å². The van der Waals surface area contributed by atoms with Gasteiger partial charge in [-0.05, 0) is 6.42 Å². The lowest BCUT2D eigenvalue weighted by molar-refractivity contribution is -0.118. The molecule has 0 aliphatic carbocycles. The SMILES string of the molecule is O=C1CCCN(C(=O)OCC(Cl)(Cl)Cl)CC1. The highest BCUT2D eigenvalue weighted by Gasteiger charge is 2.25. The number of hydrogen-bond donors (Lipinski definition) is 0. The molecular formula is C9H12Cl3NO3. The van der Waals surface area contributed by atoms with Crippen molar-refractivity contribution < 1.29 is 14.3 Å². The molecule has 1 aliphatic rings. The first kappa shape index (κ1) is 13.9. The number of halogens is 3. The summed E-state index contributed by atoms with van der Waals surface area (Å²) in [4.78, 5) is 24.1. The predicted octanol–water partition coefficient (Wildman–Crippen LogP) is 2.55. The lowest BCUT2D eigenvalue weighted by Gasteiger charge is -2.20. The van der Waals surface area contributed by atoms with Crippen LogP contribution < -0.4 is 0 Å². The second-order valence-electron chi connectivity index (χ2n) is 3.55. The summed E-state index contributed by atoms with van der Waals surface area (Å²) < 4.78 is 3.22. The van der Waals surface area contributed by atoms with Crippen LogP contribution in [0.25, 0.3) is 0 Å². The summed E-state index contributed by atoms with van der Waals surface area (Å²) >= 11 is 16.4. The zero-order valence-electron chi connectivity index (χ0n) is 8.55. The van der Waals surface area contributed by atoms with E-state index in [0.29, 0.717) is 32.4 Å². The molecule has 1 saturated heterocycles. The van der Waals surface area contributed by atoms with Gasteiger partial charge in [0, 0.05) is 25.9 Å². The zero-order valence-corrected chi connectivity index (χ0v) is 10.8. The standard InChI is InChI=1S/C9H12Cl3NO3/c10-9(11,12)6-16-8(15)13-4-1-2-7(14)3-5-13/h1-6H2. The van der Waals surface area contributed by atoms with E-state index in [-0.39, 0.29) is 12.4 Å². The first-order valence-electron chi connectivity index (χ1n) is 4.88. The number of hydrogen-bond acceptors (Lipinski definition) is 3. The lowest BCUT2D eigenvalue weighted by atomic mass is 10.2. The van der Waals surface area contributed by atoms with Crippen molar-refractivity contribution in [1.82, 2.24) is 4.90 Å². The summed E-state index contributed by atoms with van der Waals surface area (Å²) in [6, 6.07) is 0. The van der Waals surface area contributed by atoms with Crippen LogP contribution in [0.1, 0.15) is 19.3 Å². The molecule has 92 valence electrons. The molecule has 1 fully saturated rings. The van der Waals surface area contributed by atoms with Crippen molar-refractivity contribution in [3.05, 3.63) is 0 Å². The smallest absolute Gasteiger partial charge is 0.409 e. The van der Waals surface area contributed by atoms with Crippen molar-refractivity contribution in [2.45, 2.75) is 23.1 Å². The highest BCUT2D eigenvalue weighted by atomic mass is 35.6. The molecule has 16 heavy (non-hydrogen) atoms. The third-order valence-electron chi connectivity index (χ3n) is 2.16. The van der Waals surface area contributed by atoms with E-state index in [9.17, 15) is 9.59 Å². The molecule has 4 nitrogen and oxygen atoms in total. The molecule has 0 atom stereocenters. The van der Waals surface area contributed by atoms with Crippen LogP contribution in [0.15, 0.2) is 0 Å². The Hall–Kier alpha value is -0.190. The molecule has 7 heteroatoms. The molecular weight excluding hydrogens is 276 g/mol. The van der Waals surface area contributed by atoms with Crippen molar-refractivity contribution in [1.29, 1.82) is 0 Å². The van der Waals surface area contributed by atoms with E-state index in [2.05, 4.69) is 0 Å². The van der Waals surface area contributed by atoms with Crippen LogP contribution in [-0.2, 0) is 9.53 Å². The Morgan fingerprint density at radius 2 is 2.00 bits per heavy atom. The third kappa shape index (κ3) is 5.23. The molecule has 0 bridgehead atoms. The number of Topliss-reactive ketones (excluding diaryl/α,β-unsaturated/α-hetero) is 1. The van der Waals surface area contributed by atoms with Gasteiger partial charge < -0.3 is 9.64 Å². The van der Waals surface area contributed by atoms with Crippen LogP contribution in [0.4, 0.5) is 4.79 Å². The second-order valence-corrected chi connectivity index (χ2v) is 6.07. The molecule has 1 amide bonds. The summed E-state index contributed by atoms with van der Waals surface area (Å²) in [5, 5.41) is 0. The van der Waals surface area contributed by atoms with Crippen molar-refractivity contribution in [2.24, 2.45) is 0 Å². The maximum Gasteiger partial charge on any atom is 0.409 e. The van der Waals surface area contributed by atoms with Gasteiger partial charge >= 0.3 is 6.09 Å². The number of ether oxygens (including phenoxy) is 1. The van der Waals surface area contributed by atoms with Gasteiger partial charge in [-0.2, -0.15) is 0 Å². The number of carbonyl (C=O) groups is 2. The van der Waals surface area contributed by atoms with E-state index in [4.69, 9.17) is 39.5 Å². The maximum absolute atomic E-state index is 11.5. The lowest BCUT2D eigenvalue weighted by Crippen LogP contribution is -2.34. The van der Waals surface area contributed by atoms with Gasteiger partial charge in [0.05, 0.1) is 0 Å². The van der Waals surface area contributed by atoms with E-state index >= 15 is 0 Å². The highest BCUT2D eigenvalue weighted by Crippen LogP contribution is 2.26. The maximum atomic E-state index is 11.5. The summed E-state index contributed by atoms with van der Waals surface area (Å²) in [5.41, 5.74) is 0. The molecule has 0 unspecified atom stereocenters. The number of likely N-dealkylation sites (tertiary alicyclic amines) is 1. The van der Waals surface area contributed by atoms with Crippen molar-refractivity contribution in [2.75, 3.05) is 19.7 Å². The fraction of sp³-hybridized carbons (Fsp3) is 0.778. The van der Waals surface area contributed by atoms with E-state index < -0.39 is 9.89 Å². The minimum Gasteiger partial charge on any atom is -0.445 e. The number of rotatable bonds is 1. The molecule has 0 radical (unpaired) electrons. The van der Waals surface area contributed by atoms with Gasteiger partial charge in [-0.25, -0.2) is 4.79 Å². The van der Waals surface area contributed by atoms with E-state index in [0.717, 1.165) is 0 Å². The van der Waals surface area contributed by atoms with E-state index in [1.165, 1.54) is 4.90 Å². The third-order valence-corrected chi connectivity index (χ3v) is 2.49. The topological polar surface area (TPSA) is 46.6 Å². The highest BCUT2D eigenvalue weighted by molar-refractivity contribution is 6.67. The van der Waals surface area contributed by atoms with Crippen molar-refractivity contribution in [3.8, 4) is 0 Å². The van der Waals surface area contributed by atoms with Crippen LogP contribution in [0.2, 0.25) is 0 Å². The van der Waals surface area contributed by atoms with Crippen LogP contribution in [0.3, 0.4) is 0 Å².